The number of rotatable bonds is 5. The third-order valence-corrected chi connectivity index (χ3v) is 7.11. The van der Waals surface area contributed by atoms with Crippen LogP contribution in [0.5, 0.6) is 5.75 Å². The fraction of sp³-hybridized carbons (Fsp3) is 0.333. The van der Waals surface area contributed by atoms with E-state index in [0.29, 0.717) is 36.6 Å². The number of nitrogens with zero attached hydrogens (tertiary/aromatic N) is 1. The van der Waals surface area contributed by atoms with Gasteiger partial charge in [0.2, 0.25) is 0 Å². The number of hydrogen-bond acceptors (Lipinski definition) is 6. The van der Waals surface area contributed by atoms with Gasteiger partial charge in [0.15, 0.2) is 5.60 Å². The molecule has 0 saturated carbocycles. The number of amides is 1. The van der Waals surface area contributed by atoms with Crippen molar-refractivity contribution in [1.82, 2.24) is 5.32 Å². The minimum atomic E-state index is -1.18. The molecule has 156 valence electrons. The number of methoxy groups -OCH3 is 1. The van der Waals surface area contributed by atoms with Crippen molar-refractivity contribution in [2.45, 2.75) is 24.5 Å². The molecule has 1 amide bonds. The number of carbonyl (C=O) groups is 1. The first kappa shape index (κ1) is 22.8. The summed E-state index contributed by atoms with van der Waals surface area (Å²) in [7, 11) is 1.49. The maximum Gasteiger partial charge on any atom is 0.269 e. The Morgan fingerprint density at radius 3 is 2.62 bits per heavy atom. The number of phenols is 1. The van der Waals surface area contributed by atoms with Crippen molar-refractivity contribution in [3.8, 4) is 5.75 Å². The molecule has 7 nitrogen and oxygen atoms in total. The summed E-state index contributed by atoms with van der Waals surface area (Å²) in [5.41, 5.74) is -0.0625. The summed E-state index contributed by atoms with van der Waals surface area (Å²) in [6.07, 6.45) is 1.25. The quantitative estimate of drug-likeness (QED) is 0.444. The molecule has 2 atom stereocenters. The average Bonchev–Trinajstić information content (AvgIpc) is 3.09. The van der Waals surface area contributed by atoms with Crippen LogP contribution in [0.1, 0.15) is 12.0 Å². The van der Waals surface area contributed by atoms with E-state index in [2.05, 4.69) is 74.2 Å². The number of ether oxygens (including phenoxy) is 1. The van der Waals surface area contributed by atoms with Crippen molar-refractivity contribution in [3.05, 3.63) is 47.4 Å². The maximum atomic E-state index is 12.5. The van der Waals surface area contributed by atoms with Gasteiger partial charge in [-0.15, -0.1) is 0 Å². The highest BCUT2D eigenvalue weighted by Crippen LogP contribution is 2.43. The van der Waals surface area contributed by atoms with Crippen LogP contribution in [0.25, 0.3) is 0 Å². The molecule has 0 radical (unpaired) electrons. The van der Waals surface area contributed by atoms with E-state index in [0.717, 1.165) is 5.56 Å². The summed E-state index contributed by atoms with van der Waals surface area (Å²) >= 11 is 13.3. The average molecular weight is 660 g/mol. The highest BCUT2D eigenvalue weighted by Gasteiger charge is 2.50. The van der Waals surface area contributed by atoms with Crippen molar-refractivity contribution in [1.29, 1.82) is 0 Å². The largest absolute Gasteiger partial charge is 0.506 e. The Balaban J connectivity index is 1.61. The highest BCUT2D eigenvalue weighted by molar-refractivity contribution is 9.12. The van der Waals surface area contributed by atoms with E-state index in [4.69, 9.17) is 9.57 Å². The van der Waals surface area contributed by atoms with Gasteiger partial charge in [-0.25, -0.2) is 0 Å². The summed E-state index contributed by atoms with van der Waals surface area (Å²) in [4.78, 5) is 18.0. The Labute approximate surface area is 200 Å². The molecule has 2 aliphatic rings. The van der Waals surface area contributed by atoms with E-state index in [9.17, 15) is 15.0 Å². The highest BCUT2D eigenvalue weighted by atomic mass is 79.9. The molecule has 0 bridgehead atoms. The number of oxime groups is 1. The molecule has 0 fully saturated rings. The molecule has 11 heteroatoms. The van der Waals surface area contributed by atoms with Gasteiger partial charge in [0.25, 0.3) is 5.91 Å². The lowest BCUT2D eigenvalue weighted by molar-refractivity contribution is -0.114. The summed E-state index contributed by atoms with van der Waals surface area (Å²) in [6, 6.07) is 3.57. The first-order valence-electron chi connectivity index (χ1n) is 8.39. The molecule has 29 heavy (non-hydrogen) atoms. The number of aliphatic hydroxyl groups excluding tert-OH is 1. The summed E-state index contributed by atoms with van der Waals surface area (Å²) in [5, 5.41) is 27.1. The number of benzene rings is 1. The monoisotopic (exact) mass is 656 g/mol. The second-order valence-electron chi connectivity index (χ2n) is 6.45. The molecular weight excluding hydrogens is 644 g/mol. The van der Waals surface area contributed by atoms with Crippen molar-refractivity contribution in [2.75, 3.05) is 13.7 Å². The first-order chi connectivity index (χ1) is 13.7. The van der Waals surface area contributed by atoms with Crippen LogP contribution < -0.4 is 5.32 Å². The number of hydrogen-bond donors (Lipinski definition) is 3. The SMILES string of the molecule is COC1=C(Br)[C@H](O)[C@@]2(C=C1Br)CC(C(=O)NCCc1cc(Br)c(O)c(Br)c1)=NO2. The molecule has 1 aromatic rings. The number of phenolic OH excluding ortho intramolecular Hbond substituents is 1. The lowest BCUT2D eigenvalue weighted by Crippen LogP contribution is -2.45. The van der Waals surface area contributed by atoms with Gasteiger partial charge in [-0.3, -0.25) is 4.79 Å². The fourth-order valence-corrected chi connectivity index (χ4v) is 6.08. The van der Waals surface area contributed by atoms with Crippen molar-refractivity contribution in [3.63, 3.8) is 0 Å². The molecular formula is C18H16Br4N2O5. The van der Waals surface area contributed by atoms with Crippen molar-refractivity contribution < 1.29 is 24.6 Å². The number of aromatic hydroxyl groups is 1. The number of halogens is 4. The van der Waals surface area contributed by atoms with E-state index < -0.39 is 11.7 Å². The van der Waals surface area contributed by atoms with Crippen molar-refractivity contribution in [2.24, 2.45) is 5.16 Å². The molecule has 0 saturated heterocycles. The fourth-order valence-electron chi connectivity index (χ4n) is 3.00. The minimum Gasteiger partial charge on any atom is -0.506 e. The zero-order chi connectivity index (χ0) is 21.3. The van der Waals surface area contributed by atoms with E-state index in [1.54, 1.807) is 18.2 Å². The van der Waals surface area contributed by atoms with Crippen LogP contribution in [0.3, 0.4) is 0 Å². The summed E-state index contributed by atoms with van der Waals surface area (Å²) in [6.45, 7) is 0.369. The Bertz CT molecular complexity index is 923. The van der Waals surface area contributed by atoms with Gasteiger partial charge in [-0.1, -0.05) is 5.16 Å². The molecule has 3 rings (SSSR count). The Hall–Kier alpha value is -0.880. The molecule has 3 N–H and O–H groups in total. The van der Waals surface area contributed by atoms with Gasteiger partial charge in [0.1, 0.15) is 23.3 Å². The van der Waals surface area contributed by atoms with Crippen LogP contribution in [0.4, 0.5) is 0 Å². The molecule has 1 aliphatic carbocycles. The molecule has 0 aromatic heterocycles. The molecule has 1 spiro atoms. The van der Waals surface area contributed by atoms with E-state index in [1.165, 1.54) is 7.11 Å². The Kier molecular flexibility index (Phi) is 7.14. The molecule has 1 heterocycles. The lowest BCUT2D eigenvalue weighted by Gasteiger charge is -2.33. The first-order valence-corrected chi connectivity index (χ1v) is 11.6. The van der Waals surface area contributed by atoms with Gasteiger partial charge >= 0.3 is 0 Å². The zero-order valence-corrected chi connectivity index (χ0v) is 21.4. The summed E-state index contributed by atoms with van der Waals surface area (Å²) in [5.74, 6) is 0.214. The topological polar surface area (TPSA) is 100 Å². The van der Waals surface area contributed by atoms with Gasteiger partial charge in [-0.05, 0) is 93.9 Å². The number of allylic oxidation sites excluding steroid dienone is 1. The molecule has 1 aliphatic heterocycles. The van der Waals surface area contributed by atoms with Crippen LogP contribution in [0, 0.1) is 0 Å². The number of nitrogens with one attached hydrogen (secondary N) is 1. The zero-order valence-electron chi connectivity index (χ0n) is 15.0. The minimum absolute atomic E-state index is 0.109. The van der Waals surface area contributed by atoms with Gasteiger partial charge in [0.05, 0.1) is 25.0 Å². The predicted molar refractivity (Wildman–Crippen MR) is 122 cm³/mol. The van der Waals surface area contributed by atoms with Crippen molar-refractivity contribution >= 4 is 75.3 Å². The number of aliphatic hydroxyl groups is 1. The number of carbonyl (C=O) groups excluding carboxylic acids is 1. The van der Waals surface area contributed by atoms with Gasteiger partial charge < -0.3 is 25.1 Å². The molecule has 0 unspecified atom stereocenters. The normalized spacial score (nSPS) is 23.6. The van der Waals surface area contributed by atoms with E-state index in [1.807, 2.05) is 0 Å². The second-order valence-corrected chi connectivity index (χ2v) is 9.87. The van der Waals surface area contributed by atoms with Crippen LogP contribution in [0.15, 0.2) is 47.0 Å². The lowest BCUT2D eigenvalue weighted by atomic mass is 9.87. The molecule has 1 aromatic carbocycles. The predicted octanol–water partition coefficient (Wildman–Crippen LogP) is 4.00. The van der Waals surface area contributed by atoms with Crippen LogP contribution in [0.2, 0.25) is 0 Å². The van der Waals surface area contributed by atoms with Gasteiger partial charge in [-0.2, -0.15) is 0 Å². The standard InChI is InChI=1S/C18H16Br4N2O5/c1-28-15-11(21)6-18(16(26)13(15)22)7-12(24-29-18)17(27)23-3-2-8-4-9(19)14(25)10(20)5-8/h4-6,16,25-26H,2-3,7H2,1H3,(H,23,27)/t16-,18+/m0/s1. The third-order valence-electron chi connectivity index (χ3n) is 4.52. The Morgan fingerprint density at radius 2 is 2.00 bits per heavy atom. The third kappa shape index (κ3) is 4.58. The smallest absolute Gasteiger partial charge is 0.269 e. The van der Waals surface area contributed by atoms with Crippen LogP contribution >= 0.6 is 63.7 Å². The van der Waals surface area contributed by atoms with Gasteiger partial charge in [0, 0.05) is 13.0 Å². The Morgan fingerprint density at radius 1 is 1.34 bits per heavy atom. The van der Waals surface area contributed by atoms with E-state index >= 15 is 0 Å². The van der Waals surface area contributed by atoms with Crippen LogP contribution in [-0.2, 0) is 20.8 Å². The second kappa shape index (κ2) is 9.09. The van der Waals surface area contributed by atoms with E-state index in [-0.39, 0.29) is 23.8 Å². The van der Waals surface area contributed by atoms with Crippen LogP contribution in [-0.4, -0.2) is 47.2 Å². The maximum absolute atomic E-state index is 12.5. The summed E-state index contributed by atoms with van der Waals surface area (Å²) < 4.78 is 7.39.